The summed E-state index contributed by atoms with van der Waals surface area (Å²) in [5.41, 5.74) is 4.27. The van der Waals surface area contributed by atoms with Crippen LogP contribution in [0.15, 0.2) is 24.3 Å². The Morgan fingerprint density at radius 1 is 1.13 bits per heavy atom. The molecular formula is C15H22. The third kappa shape index (κ3) is 2.50. The second kappa shape index (κ2) is 5.16. The van der Waals surface area contributed by atoms with Crippen LogP contribution in [0.3, 0.4) is 0 Å². The van der Waals surface area contributed by atoms with Crippen molar-refractivity contribution in [2.45, 2.75) is 40.5 Å². The highest BCUT2D eigenvalue weighted by atomic mass is 14.2. The van der Waals surface area contributed by atoms with Gasteiger partial charge in [0.05, 0.1) is 0 Å². The zero-order valence-electron chi connectivity index (χ0n) is 10.5. The van der Waals surface area contributed by atoms with Gasteiger partial charge in [-0.1, -0.05) is 63.6 Å². The van der Waals surface area contributed by atoms with Gasteiger partial charge in [-0.3, -0.25) is 0 Å². The van der Waals surface area contributed by atoms with Gasteiger partial charge in [0, 0.05) is 5.92 Å². The summed E-state index contributed by atoms with van der Waals surface area (Å²) in [4.78, 5) is 0. The number of allylic oxidation sites excluding steroid dienone is 1. The lowest BCUT2D eigenvalue weighted by atomic mass is 9.90. The molecular weight excluding hydrogens is 180 g/mol. The molecule has 0 heteroatoms. The van der Waals surface area contributed by atoms with E-state index in [0.717, 1.165) is 0 Å². The number of rotatable bonds is 1. The molecule has 0 amide bonds. The van der Waals surface area contributed by atoms with E-state index in [-0.39, 0.29) is 0 Å². The summed E-state index contributed by atoms with van der Waals surface area (Å²) in [5.74, 6) is 1.34. The Balaban J connectivity index is 0.000000531. The summed E-state index contributed by atoms with van der Waals surface area (Å²) in [6.07, 6.45) is 4.59. The highest BCUT2D eigenvalue weighted by Gasteiger charge is 2.19. The predicted octanol–water partition coefficient (Wildman–Crippen LogP) is 4.79. The van der Waals surface area contributed by atoms with Crippen LogP contribution in [-0.2, 0) is 0 Å². The van der Waals surface area contributed by atoms with E-state index in [1.54, 1.807) is 0 Å². The lowest BCUT2D eigenvalue weighted by Gasteiger charge is -2.14. The molecule has 82 valence electrons. The summed E-state index contributed by atoms with van der Waals surface area (Å²) in [6, 6.07) is 6.75. The molecule has 0 saturated carbocycles. The van der Waals surface area contributed by atoms with Crippen LogP contribution in [-0.4, -0.2) is 0 Å². The minimum absolute atomic E-state index is 0.635. The maximum Gasteiger partial charge on any atom is 0.00502 e. The Hall–Kier alpha value is -1.04. The molecule has 1 unspecified atom stereocenters. The van der Waals surface area contributed by atoms with Gasteiger partial charge in [0.1, 0.15) is 0 Å². The van der Waals surface area contributed by atoms with Crippen molar-refractivity contribution in [2.24, 2.45) is 5.92 Å². The zero-order valence-corrected chi connectivity index (χ0v) is 10.5. The van der Waals surface area contributed by atoms with Crippen molar-refractivity contribution in [1.29, 1.82) is 0 Å². The molecule has 2 rings (SSSR count). The summed E-state index contributed by atoms with van der Waals surface area (Å²) >= 11 is 0. The lowest BCUT2D eigenvalue weighted by Crippen LogP contribution is -2.01. The van der Waals surface area contributed by atoms with Gasteiger partial charge < -0.3 is 0 Å². The Bertz CT molecular complexity index is 345. The minimum atomic E-state index is 0.635. The summed E-state index contributed by atoms with van der Waals surface area (Å²) in [5, 5.41) is 0. The van der Waals surface area contributed by atoms with Crippen LogP contribution in [0.25, 0.3) is 6.08 Å². The first-order valence-corrected chi connectivity index (χ1v) is 5.97. The van der Waals surface area contributed by atoms with E-state index in [1.807, 2.05) is 13.8 Å². The van der Waals surface area contributed by atoms with Gasteiger partial charge in [0.2, 0.25) is 0 Å². The molecule has 1 aliphatic rings. The van der Waals surface area contributed by atoms with Gasteiger partial charge in [-0.25, -0.2) is 0 Å². The number of aryl methyl sites for hydroxylation is 1. The van der Waals surface area contributed by atoms with Crippen LogP contribution >= 0.6 is 0 Å². The summed E-state index contributed by atoms with van der Waals surface area (Å²) in [6.45, 7) is 10.7. The normalized spacial score (nSPS) is 17.3. The lowest BCUT2D eigenvalue weighted by molar-refractivity contribution is 0.584. The Morgan fingerprint density at radius 2 is 1.80 bits per heavy atom. The van der Waals surface area contributed by atoms with Gasteiger partial charge >= 0.3 is 0 Å². The molecule has 0 radical (unpaired) electrons. The molecule has 1 atom stereocenters. The third-order valence-electron chi connectivity index (χ3n) is 2.80. The van der Waals surface area contributed by atoms with Crippen molar-refractivity contribution >= 4 is 6.08 Å². The van der Waals surface area contributed by atoms with Gasteiger partial charge in [-0.05, 0) is 24.0 Å². The molecule has 0 spiro atoms. The quantitative estimate of drug-likeness (QED) is 0.614. The van der Waals surface area contributed by atoms with Gasteiger partial charge in [-0.2, -0.15) is 0 Å². The van der Waals surface area contributed by atoms with E-state index >= 15 is 0 Å². The Kier molecular flexibility index (Phi) is 4.14. The molecule has 0 heterocycles. The molecule has 0 bridgehead atoms. The van der Waals surface area contributed by atoms with Crippen molar-refractivity contribution in [3.8, 4) is 0 Å². The van der Waals surface area contributed by atoms with E-state index in [2.05, 4.69) is 51.1 Å². The van der Waals surface area contributed by atoms with Crippen molar-refractivity contribution in [3.05, 3.63) is 41.0 Å². The van der Waals surface area contributed by atoms with Crippen LogP contribution < -0.4 is 0 Å². The van der Waals surface area contributed by atoms with Crippen molar-refractivity contribution < 1.29 is 0 Å². The molecule has 0 fully saturated rings. The van der Waals surface area contributed by atoms with Crippen LogP contribution in [0, 0.1) is 12.8 Å². The Morgan fingerprint density at radius 3 is 2.40 bits per heavy atom. The fourth-order valence-electron chi connectivity index (χ4n) is 2.03. The Labute approximate surface area is 94.0 Å². The van der Waals surface area contributed by atoms with Gasteiger partial charge in [0.15, 0.2) is 0 Å². The maximum atomic E-state index is 2.33. The summed E-state index contributed by atoms with van der Waals surface area (Å²) in [7, 11) is 0. The molecule has 1 aromatic carbocycles. The number of hydrogen-bond donors (Lipinski definition) is 0. The average molecular weight is 202 g/mol. The van der Waals surface area contributed by atoms with Crippen LogP contribution in [0.5, 0.6) is 0 Å². The molecule has 0 saturated heterocycles. The van der Waals surface area contributed by atoms with Crippen LogP contribution in [0.4, 0.5) is 0 Å². The molecule has 1 aliphatic carbocycles. The summed E-state index contributed by atoms with van der Waals surface area (Å²) < 4.78 is 0. The largest absolute Gasteiger partial charge is 0.0761 e. The minimum Gasteiger partial charge on any atom is -0.0761 e. The smallest absolute Gasteiger partial charge is 0.00502 e. The molecule has 0 N–H and O–H groups in total. The van der Waals surface area contributed by atoms with E-state index in [1.165, 1.54) is 16.7 Å². The van der Waals surface area contributed by atoms with Crippen LogP contribution in [0.1, 0.15) is 50.3 Å². The third-order valence-corrected chi connectivity index (χ3v) is 2.80. The van der Waals surface area contributed by atoms with Gasteiger partial charge in [0.25, 0.3) is 0 Å². The fraction of sp³-hybridized carbons (Fsp3) is 0.467. The first kappa shape index (κ1) is 12.0. The molecule has 0 aromatic heterocycles. The fourth-order valence-corrected chi connectivity index (χ4v) is 2.03. The van der Waals surface area contributed by atoms with E-state index in [4.69, 9.17) is 0 Å². The SMILES string of the molecule is CC.Cc1ccc2c(c1)C=CC2C(C)C. The average Bonchev–Trinajstić information content (AvgIpc) is 2.63. The van der Waals surface area contributed by atoms with Crippen LogP contribution in [0.2, 0.25) is 0 Å². The van der Waals surface area contributed by atoms with E-state index < -0.39 is 0 Å². The number of fused-ring (bicyclic) bond motifs is 1. The molecule has 0 nitrogen and oxygen atoms in total. The first-order chi connectivity index (χ1) is 7.18. The highest BCUT2D eigenvalue weighted by Crippen LogP contribution is 2.35. The topological polar surface area (TPSA) is 0 Å². The molecule has 0 aliphatic heterocycles. The predicted molar refractivity (Wildman–Crippen MR) is 69.1 cm³/mol. The highest BCUT2D eigenvalue weighted by molar-refractivity contribution is 5.63. The van der Waals surface area contributed by atoms with Crippen molar-refractivity contribution in [3.63, 3.8) is 0 Å². The van der Waals surface area contributed by atoms with Crippen molar-refractivity contribution in [2.75, 3.05) is 0 Å². The second-order valence-electron chi connectivity index (χ2n) is 4.26. The van der Waals surface area contributed by atoms with E-state index in [0.29, 0.717) is 11.8 Å². The number of hydrogen-bond acceptors (Lipinski definition) is 0. The maximum absolute atomic E-state index is 2.33. The number of benzene rings is 1. The van der Waals surface area contributed by atoms with E-state index in [9.17, 15) is 0 Å². The monoisotopic (exact) mass is 202 g/mol. The standard InChI is InChI=1S/C13H16.C2H6/c1-9(2)12-7-5-11-8-10(3)4-6-13(11)12;1-2/h4-9,12H,1-3H3;1-2H3. The second-order valence-corrected chi connectivity index (χ2v) is 4.26. The van der Waals surface area contributed by atoms with Gasteiger partial charge in [-0.15, -0.1) is 0 Å². The molecule has 15 heavy (non-hydrogen) atoms. The first-order valence-electron chi connectivity index (χ1n) is 5.97. The van der Waals surface area contributed by atoms with Crippen molar-refractivity contribution in [1.82, 2.24) is 0 Å². The zero-order chi connectivity index (χ0) is 11.4. The molecule has 1 aromatic rings.